The predicted octanol–water partition coefficient (Wildman–Crippen LogP) is 1.70. The second-order valence-corrected chi connectivity index (χ2v) is 5.08. The van der Waals surface area contributed by atoms with E-state index in [2.05, 4.69) is 5.32 Å². The van der Waals surface area contributed by atoms with Crippen molar-refractivity contribution in [2.24, 2.45) is 0 Å². The molecule has 2 unspecified atom stereocenters. The first-order valence-electron chi connectivity index (χ1n) is 6.79. The number of hydrogen-bond donors (Lipinski definition) is 1. The first-order chi connectivity index (χ1) is 9.15. The number of nitrogens with one attached hydrogen (secondary N) is 1. The van der Waals surface area contributed by atoms with Crippen LogP contribution in [0.5, 0.6) is 0 Å². The molecule has 0 bridgehead atoms. The molecule has 0 spiro atoms. The first kappa shape index (κ1) is 17.7. The Morgan fingerprint density at radius 1 is 1.30 bits per heavy atom. The van der Waals surface area contributed by atoms with E-state index in [9.17, 15) is 4.79 Å². The quantitative estimate of drug-likeness (QED) is 0.661. The van der Waals surface area contributed by atoms with Crippen LogP contribution in [0.1, 0.15) is 37.0 Å². The van der Waals surface area contributed by atoms with Gasteiger partial charge in [-0.2, -0.15) is 0 Å². The van der Waals surface area contributed by atoms with Gasteiger partial charge in [-0.05, 0) is 38.8 Å². The van der Waals surface area contributed by atoms with Crippen molar-refractivity contribution in [3.8, 4) is 0 Å². The van der Waals surface area contributed by atoms with Crippen LogP contribution in [0, 0.1) is 0 Å². The molecule has 20 heavy (non-hydrogen) atoms. The second kappa shape index (κ2) is 8.80. The Morgan fingerprint density at radius 3 is 2.65 bits per heavy atom. The molecular formula is C15H22NNaO3. The summed E-state index contributed by atoms with van der Waals surface area (Å²) in [5, 5.41) is 3.28. The van der Waals surface area contributed by atoms with Crippen LogP contribution >= 0.6 is 0 Å². The van der Waals surface area contributed by atoms with Gasteiger partial charge in [0, 0.05) is 6.04 Å². The zero-order valence-corrected chi connectivity index (χ0v) is 11.5. The van der Waals surface area contributed by atoms with E-state index in [1.807, 2.05) is 32.0 Å². The van der Waals surface area contributed by atoms with Gasteiger partial charge in [-0.25, -0.2) is 4.79 Å². The summed E-state index contributed by atoms with van der Waals surface area (Å²) >= 11 is 0. The van der Waals surface area contributed by atoms with E-state index in [4.69, 9.17) is 9.47 Å². The van der Waals surface area contributed by atoms with Gasteiger partial charge in [0.1, 0.15) is 0 Å². The Hall–Kier alpha value is -0.390. The van der Waals surface area contributed by atoms with Gasteiger partial charge in [0.15, 0.2) is 6.23 Å². The van der Waals surface area contributed by atoms with Crippen LogP contribution in [-0.2, 0) is 9.47 Å². The Morgan fingerprint density at radius 2 is 2.00 bits per heavy atom. The summed E-state index contributed by atoms with van der Waals surface area (Å²) < 4.78 is 11.0. The van der Waals surface area contributed by atoms with Crippen LogP contribution in [0.2, 0.25) is 0 Å². The molecule has 0 amide bonds. The minimum absolute atomic E-state index is 0. The van der Waals surface area contributed by atoms with Crippen molar-refractivity contribution < 1.29 is 14.3 Å². The fraction of sp³-hybridized carbons (Fsp3) is 0.533. The SMILES string of the molecule is CC(C)OCC1CCC(OC(=O)c2ccccc2)N1.[NaH]. The summed E-state index contributed by atoms with van der Waals surface area (Å²) in [6, 6.07) is 9.34. The molecule has 0 aliphatic carbocycles. The second-order valence-electron chi connectivity index (χ2n) is 5.08. The molecule has 0 aromatic heterocycles. The normalized spacial score (nSPS) is 21.6. The van der Waals surface area contributed by atoms with E-state index in [1.165, 1.54) is 0 Å². The summed E-state index contributed by atoms with van der Waals surface area (Å²) in [5.74, 6) is -0.275. The summed E-state index contributed by atoms with van der Waals surface area (Å²) in [4.78, 5) is 11.9. The number of hydrogen-bond acceptors (Lipinski definition) is 4. The maximum atomic E-state index is 11.9. The third-order valence-electron chi connectivity index (χ3n) is 3.09. The molecule has 1 aromatic rings. The fourth-order valence-electron chi connectivity index (χ4n) is 2.09. The van der Waals surface area contributed by atoms with Gasteiger partial charge < -0.3 is 9.47 Å². The Bertz CT molecular complexity index is 411. The van der Waals surface area contributed by atoms with Crippen LogP contribution < -0.4 is 5.32 Å². The van der Waals surface area contributed by atoms with E-state index < -0.39 is 0 Å². The topological polar surface area (TPSA) is 47.6 Å². The van der Waals surface area contributed by atoms with Crippen molar-refractivity contribution in [1.82, 2.24) is 5.32 Å². The zero-order chi connectivity index (χ0) is 13.7. The molecule has 5 heteroatoms. The molecule has 2 atom stereocenters. The molecule has 1 aromatic carbocycles. The van der Waals surface area contributed by atoms with Crippen LogP contribution in [0.3, 0.4) is 0 Å². The van der Waals surface area contributed by atoms with Crippen LogP contribution in [0.15, 0.2) is 30.3 Å². The number of rotatable bonds is 5. The van der Waals surface area contributed by atoms with Gasteiger partial charge in [0.25, 0.3) is 0 Å². The molecule has 0 radical (unpaired) electrons. The van der Waals surface area contributed by atoms with E-state index in [-0.39, 0.29) is 53.9 Å². The zero-order valence-electron chi connectivity index (χ0n) is 11.5. The number of carbonyl (C=O) groups is 1. The van der Waals surface area contributed by atoms with Crippen molar-refractivity contribution in [1.29, 1.82) is 0 Å². The molecule has 0 saturated carbocycles. The van der Waals surface area contributed by atoms with Crippen molar-refractivity contribution in [2.75, 3.05) is 6.61 Å². The van der Waals surface area contributed by atoms with Crippen molar-refractivity contribution >= 4 is 35.5 Å². The van der Waals surface area contributed by atoms with Gasteiger partial charge in [-0.3, -0.25) is 5.32 Å². The van der Waals surface area contributed by atoms with Gasteiger partial charge in [0.2, 0.25) is 0 Å². The van der Waals surface area contributed by atoms with Crippen molar-refractivity contribution in [3.63, 3.8) is 0 Å². The monoisotopic (exact) mass is 287 g/mol. The molecule has 2 rings (SSSR count). The average molecular weight is 287 g/mol. The maximum absolute atomic E-state index is 11.9. The van der Waals surface area contributed by atoms with Crippen molar-refractivity contribution in [3.05, 3.63) is 35.9 Å². The Labute approximate surface area is 142 Å². The number of ether oxygens (including phenoxy) is 2. The van der Waals surface area contributed by atoms with E-state index in [0.29, 0.717) is 12.2 Å². The summed E-state index contributed by atoms with van der Waals surface area (Å²) in [5.41, 5.74) is 0.589. The van der Waals surface area contributed by atoms with Gasteiger partial charge >= 0.3 is 35.5 Å². The summed E-state index contributed by atoms with van der Waals surface area (Å²) in [6.45, 7) is 4.70. The molecule has 1 aliphatic rings. The molecule has 106 valence electrons. The van der Waals surface area contributed by atoms with Crippen LogP contribution in [0.4, 0.5) is 0 Å². The van der Waals surface area contributed by atoms with E-state index in [1.54, 1.807) is 12.1 Å². The molecule has 1 heterocycles. The first-order valence-corrected chi connectivity index (χ1v) is 6.79. The van der Waals surface area contributed by atoms with Gasteiger partial charge in [-0.15, -0.1) is 0 Å². The molecule has 4 nitrogen and oxygen atoms in total. The van der Waals surface area contributed by atoms with E-state index in [0.717, 1.165) is 12.8 Å². The standard InChI is InChI=1S/C15H21NO3.Na.H/c1-11(2)18-10-13-8-9-14(16-13)19-15(17)12-6-4-3-5-7-12;;/h3-7,11,13-14,16H,8-10H2,1-2H3;;. The van der Waals surface area contributed by atoms with Crippen molar-refractivity contribution in [2.45, 2.75) is 45.1 Å². The molecular weight excluding hydrogens is 265 g/mol. The Balaban J connectivity index is 0.00000200. The number of benzene rings is 1. The van der Waals surface area contributed by atoms with Gasteiger partial charge in [-0.1, -0.05) is 18.2 Å². The van der Waals surface area contributed by atoms with Gasteiger partial charge in [0.05, 0.1) is 18.3 Å². The van der Waals surface area contributed by atoms with E-state index >= 15 is 0 Å². The molecule has 1 saturated heterocycles. The van der Waals surface area contributed by atoms with Crippen LogP contribution in [0.25, 0.3) is 0 Å². The van der Waals surface area contributed by atoms with Crippen LogP contribution in [-0.4, -0.2) is 60.5 Å². The number of carbonyl (C=O) groups excluding carboxylic acids is 1. The third kappa shape index (κ3) is 5.54. The predicted molar refractivity (Wildman–Crippen MR) is 80.0 cm³/mol. The average Bonchev–Trinajstić information content (AvgIpc) is 2.85. The molecule has 1 N–H and O–H groups in total. The summed E-state index contributed by atoms with van der Waals surface area (Å²) in [7, 11) is 0. The Kier molecular flexibility index (Phi) is 7.77. The third-order valence-corrected chi connectivity index (χ3v) is 3.09. The molecule has 1 aliphatic heterocycles. The molecule has 1 fully saturated rings. The summed E-state index contributed by atoms with van der Waals surface area (Å²) in [6.07, 6.45) is 1.84. The minimum atomic E-state index is -0.275. The fourth-order valence-corrected chi connectivity index (χ4v) is 2.09. The number of esters is 1.